The number of halogens is 1. The number of benzene rings is 2. The predicted octanol–water partition coefficient (Wildman–Crippen LogP) is 3.51. The number of carbonyl (C=O) groups is 2. The molecule has 0 heterocycles. The fraction of sp³-hybridized carbons (Fsp3) is 0.176. The van der Waals surface area contributed by atoms with Crippen LogP contribution in [0, 0.1) is 0 Å². The van der Waals surface area contributed by atoms with E-state index in [-0.39, 0.29) is 5.75 Å². The van der Waals surface area contributed by atoms with Crippen molar-refractivity contribution < 1.29 is 23.8 Å². The number of esters is 1. The second-order valence-corrected chi connectivity index (χ2v) is 5.47. The molecule has 0 saturated carbocycles. The first-order valence-electron chi connectivity index (χ1n) is 6.82. The minimum atomic E-state index is -0.543. The van der Waals surface area contributed by atoms with E-state index in [4.69, 9.17) is 14.2 Å². The molecule has 0 fully saturated rings. The van der Waals surface area contributed by atoms with Crippen LogP contribution in [-0.2, 0) is 4.74 Å². The molecule has 6 heteroatoms. The van der Waals surface area contributed by atoms with E-state index in [1.807, 2.05) is 0 Å². The van der Waals surface area contributed by atoms with Crippen molar-refractivity contribution in [2.45, 2.75) is 0 Å². The molecular weight excluding hydrogens is 364 g/mol. The largest absolute Gasteiger partial charge is 0.491 e. The topological polar surface area (TPSA) is 61.8 Å². The molecule has 0 aromatic heterocycles. The molecule has 0 atom stereocenters. The molecule has 23 heavy (non-hydrogen) atoms. The predicted molar refractivity (Wildman–Crippen MR) is 88.3 cm³/mol. The average molecular weight is 379 g/mol. The maximum absolute atomic E-state index is 12.1. The summed E-state index contributed by atoms with van der Waals surface area (Å²) in [7, 11) is 1.60. The van der Waals surface area contributed by atoms with Gasteiger partial charge in [-0.3, -0.25) is 4.79 Å². The Morgan fingerprint density at radius 1 is 1.13 bits per heavy atom. The van der Waals surface area contributed by atoms with Crippen molar-refractivity contribution in [3.05, 3.63) is 58.1 Å². The number of ether oxygens (including phenoxy) is 3. The Bertz CT molecular complexity index is 682. The van der Waals surface area contributed by atoms with Gasteiger partial charge < -0.3 is 14.2 Å². The van der Waals surface area contributed by atoms with Gasteiger partial charge in [0.1, 0.15) is 18.1 Å². The van der Waals surface area contributed by atoms with E-state index >= 15 is 0 Å². The van der Waals surface area contributed by atoms with Gasteiger partial charge >= 0.3 is 5.97 Å². The van der Waals surface area contributed by atoms with E-state index < -0.39 is 5.97 Å². The Balaban J connectivity index is 2.04. The van der Waals surface area contributed by atoms with Gasteiger partial charge in [0.2, 0.25) is 0 Å². The van der Waals surface area contributed by atoms with Crippen LogP contribution in [0.3, 0.4) is 0 Å². The molecule has 0 saturated heterocycles. The number of methoxy groups -OCH3 is 1. The van der Waals surface area contributed by atoms with Gasteiger partial charge in [0, 0.05) is 11.6 Å². The lowest BCUT2D eigenvalue weighted by Gasteiger charge is -2.08. The van der Waals surface area contributed by atoms with Crippen molar-refractivity contribution in [1.82, 2.24) is 0 Å². The first kappa shape index (κ1) is 17.2. The van der Waals surface area contributed by atoms with Gasteiger partial charge in [-0.15, -0.1) is 0 Å². The van der Waals surface area contributed by atoms with Crippen molar-refractivity contribution in [1.29, 1.82) is 0 Å². The zero-order valence-corrected chi connectivity index (χ0v) is 14.0. The summed E-state index contributed by atoms with van der Waals surface area (Å²) in [5, 5.41) is 0. The van der Waals surface area contributed by atoms with Crippen LogP contribution in [0.15, 0.2) is 46.9 Å². The Morgan fingerprint density at radius 3 is 2.52 bits per heavy atom. The summed E-state index contributed by atoms with van der Waals surface area (Å²) in [6, 6.07) is 11.4. The van der Waals surface area contributed by atoms with Gasteiger partial charge in [-0.25, -0.2) is 4.79 Å². The monoisotopic (exact) mass is 378 g/mol. The van der Waals surface area contributed by atoms with Crippen LogP contribution in [0.4, 0.5) is 0 Å². The van der Waals surface area contributed by atoms with Crippen LogP contribution in [0.2, 0.25) is 0 Å². The van der Waals surface area contributed by atoms with E-state index in [9.17, 15) is 9.59 Å². The minimum absolute atomic E-state index is 0.216. The van der Waals surface area contributed by atoms with Crippen LogP contribution < -0.4 is 9.47 Å². The Labute approximate surface area is 142 Å². The third-order valence-corrected chi connectivity index (χ3v) is 3.44. The summed E-state index contributed by atoms with van der Waals surface area (Å²) < 4.78 is 16.3. The molecule has 0 unspecified atom stereocenters. The summed E-state index contributed by atoms with van der Waals surface area (Å²) in [6.07, 6.45) is 0.639. The smallest absolute Gasteiger partial charge is 0.343 e. The van der Waals surface area contributed by atoms with Crippen LogP contribution >= 0.6 is 15.9 Å². The second kappa shape index (κ2) is 8.45. The molecule has 0 amide bonds. The van der Waals surface area contributed by atoms with Gasteiger partial charge in [-0.2, -0.15) is 0 Å². The molecule has 2 aromatic rings. The third-order valence-electron chi connectivity index (χ3n) is 2.95. The molecule has 0 aliphatic carbocycles. The highest BCUT2D eigenvalue weighted by atomic mass is 79.9. The molecule has 120 valence electrons. The lowest BCUT2D eigenvalue weighted by molar-refractivity contribution is 0.0733. The summed E-state index contributed by atoms with van der Waals surface area (Å²) in [6.45, 7) is 0.920. The Kier molecular flexibility index (Phi) is 6.31. The first-order valence-corrected chi connectivity index (χ1v) is 7.62. The van der Waals surface area contributed by atoms with E-state index in [0.717, 1.165) is 4.47 Å². The summed E-state index contributed by atoms with van der Waals surface area (Å²) in [4.78, 5) is 23.2. The standard InChI is InChI=1S/C17H15BrO5/c1-21-8-9-22-15-5-2-12(3-6-15)17(20)23-16-7-4-14(18)10-13(16)11-19/h2-7,10-11H,8-9H2,1H3. The zero-order chi connectivity index (χ0) is 16.7. The lowest BCUT2D eigenvalue weighted by Crippen LogP contribution is -2.10. The summed E-state index contributed by atoms with van der Waals surface area (Å²) in [5.74, 6) is 0.309. The van der Waals surface area contributed by atoms with Crippen molar-refractivity contribution in [3.63, 3.8) is 0 Å². The van der Waals surface area contributed by atoms with E-state index in [2.05, 4.69) is 15.9 Å². The van der Waals surface area contributed by atoms with Crippen LogP contribution in [0.5, 0.6) is 11.5 Å². The zero-order valence-electron chi connectivity index (χ0n) is 12.5. The Morgan fingerprint density at radius 2 is 1.87 bits per heavy atom. The maximum Gasteiger partial charge on any atom is 0.343 e. The molecule has 0 bridgehead atoms. The van der Waals surface area contributed by atoms with E-state index in [1.165, 1.54) is 0 Å². The molecule has 2 aromatic carbocycles. The molecule has 0 aliphatic heterocycles. The highest BCUT2D eigenvalue weighted by molar-refractivity contribution is 9.10. The van der Waals surface area contributed by atoms with Crippen LogP contribution in [-0.4, -0.2) is 32.6 Å². The average Bonchev–Trinajstić information content (AvgIpc) is 2.57. The SMILES string of the molecule is COCCOc1ccc(C(=O)Oc2ccc(Br)cc2C=O)cc1. The number of hydrogen-bond donors (Lipinski definition) is 0. The van der Waals surface area contributed by atoms with Crippen LogP contribution in [0.1, 0.15) is 20.7 Å². The normalized spacial score (nSPS) is 10.2. The van der Waals surface area contributed by atoms with E-state index in [1.54, 1.807) is 49.6 Å². The lowest BCUT2D eigenvalue weighted by atomic mass is 10.2. The van der Waals surface area contributed by atoms with Crippen molar-refractivity contribution in [2.75, 3.05) is 20.3 Å². The number of rotatable bonds is 7. The Hall–Kier alpha value is -2.18. The molecule has 0 radical (unpaired) electrons. The minimum Gasteiger partial charge on any atom is -0.491 e. The fourth-order valence-corrected chi connectivity index (χ4v) is 2.17. The quantitative estimate of drug-likeness (QED) is 0.319. The first-order chi connectivity index (χ1) is 11.1. The summed E-state index contributed by atoms with van der Waals surface area (Å²) >= 11 is 3.26. The van der Waals surface area contributed by atoms with Gasteiger partial charge in [0.05, 0.1) is 17.7 Å². The van der Waals surface area contributed by atoms with Crippen molar-refractivity contribution >= 4 is 28.2 Å². The molecule has 2 rings (SSSR count). The molecule has 0 aliphatic rings. The van der Waals surface area contributed by atoms with Gasteiger partial charge in [0.15, 0.2) is 6.29 Å². The van der Waals surface area contributed by atoms with Gasteiger partial charge in [-0.1, -0.05) is 15.9 Å². The highest BCUT2D eigenvalue weighted by Gasteiger charge is 2.12. The third kappa shape index (κ3) is 4.91. The summed E-state index contributed by atoms with van der Waals surface area (Å²) in [5.41, 5.74) is 0.663. The van der Waals surface area contributed by atoms with Crippen molar-refractivity contribution in [3.8, 4) is 11.5 Å². The second-order valence-electron chi connectivity index (χ2n) is 4.56. The molecule has 5 nitrogen and oxygen atoms in total. The molecular formula is C17H15BrO5. The van der Waals surface area contributed by atoms with E-state index in [0.29, 0.717) is 36.4 Å². The fourth-order valence-electron chi connectivity index (χ4n) is 1.79. The van der Waals surface area contributed by atoms with Gasteiger partial charge in [-0.05, 0) is 42.5 Å². The molecule has 0 N–H and O–H groups in total. The van der Waals surface area contributed by atoms with Gasteiger partial charge in [0.25, 0.3) is 0 Å². The van der Waals surface area contributed by atoms with Crippen molar-refractivity contribution in [2.24, 2.45) is 0 Å². The van der Waals surface area contributed by atoms with Crippen LogP contribution in [0.25, 0.3) is 0 Å². The number of aldehydes is 1. The number of hydrogen-bond acceptors (Lipinski definition) is 5. The maximum atomic E-state index is 12.1. The number of carbonyl (C=O) groups excluding carboxylic acids is 2. The highest BCUT2D eigenvalue weighted by Crippen LogP contribution is 2.23. The molecule has 0 spiro atoms.